The molecule has 2 rings (SSSR count). The van der Waals surface area contributed by atoms with E-state index in [0.717, 1.165) is 15.8 Å². The zero-order valence-corrected chi connectivity index (χ0v) is 11.5. The molecule has 0 aliphatic heterocycles. The first-order valence-electron chi connectivity index (χ1n) is 5.76. The average molecular weight is 257 g/mol. The van der Waals surface area contributed by atoms with Crippen LogP contribution in [0.5, 0.6) is 0 Å². The van der Waals surface area contributed by atoms with Crippen LogP contribution in [0.3, 0.4) is 0 Å². The minimum Gasteiger partial charge on any atom is -0.382 e. The van der Waals surface area contributed by atoms with E-state index in [1.54, 1.807) is 11.8 Å². The average Bonchev–Trinajstić information content (AvgIpc) is 2.59. The highest BCUT2D eigenvalue weighted by atomic mass is 32.2. The van der Waals surface area contributed by atoms with Crippen LogP contribution in [0.25, 0.3) is 0 Å². The Kier molecular flexibility index (Phi) is 3.97. The first-order chi connectivity index (χ1) is 7.70. The summed E-state index contributed by atoms with van der Waals surface area (Å²) in [6, 6.07) is 0.606. The lowest BCUT2D eigenvalue weighted by Gasteiger charge is -2.27. The van der Waals surface area contributed by atoms with E-state index in [0.29, 0.717) is 11.9 Å². The van der Waals surface area contributed by atoms with E-state index in [1.807, 2.05) is 0 Å². The molecule has 90 valence electrons. The van der Waals surface area contributed by atoms with Crippen LogP contribution >= 0.6 is 23.3 Å². The van der Waals surface area contributed by atoms with Gasteiger partial charge >= 0.3 is 0 Å². The number of hydrogen-bond donors (Lipinski definition) is 2. The molecule has 0 saturated heterocycles. The molecule has 3 N–H and O–H groups in total. The van der Waals surface area contributed by atoms with Gasteiger partial charge in [0.1, 0.15) is 5.00 Å². The highest BCUT2D eigenvalue weighted by Crippen LogP contribution is 2.36. The van der Waals surface area contributed by atoms with Crippen molar-refractivity contribution in [1.29, 1.82) is 0 Å². The number of nitrogen functional groups attached to an aromatic ring is 1. The molecule has 0 aromatic carbocycles. The van der Waals surface area contributed by atoms with E-state index in [4.69, 9.17) is 5.73 Å². The molecule has 2 unspecified atom stereocenters. The quantitative estimate of drug-likeness (QED) is 0.814. The third-order valence-electron chi connectivity index (χ3n) is 3.15. The van der Waals surface area contributed by atoms with Crippen molar-refractivity contribution in [1.82, 2.24) is 4.37 Å². The van der Waals surface area contributed by atoms with Gasteiger partial charge in [0.05, 0.1) is 4.90 Å². The van der Waals surface area contributed by atoms with E-state index in [2.05, 4.69) is 22.9 Å². The van der Waals surface area contributed by atoms with Gasteiger partial charge < -0.3 is 11.1 Å². The van der Waals surface area contributed by atoms with Crippen molar-refractivity contribution in [2.75, 3.05) is 17.3 Å². The Morgan fingerprint density at radius 1 is 1.50 bits per heavy atom. The molecular weight excluding hydrogens is 238 g/mol. The number of aromatic nitrogens is 1. The summed E-state index contributed by atoms with van der Waals surface area (Å²) >= 11 is 3.17. The second kappa shape index (κ2) is 5.27. The summed E-state index contributed by atoms with van der Waals surface area (Å²) < 4.78 is 4.21. The molecule has 1 aromatic rings. The third-order valence-corrected chi connectivity index (χ3v) is 4.89. The van der Waals surface area contributed by atoms with E-state index in [1.165, 1.54) is 37.2 Å². The van der Waals surface area contributed by atoms with Crippen LogP contribution in [0.1, 0.15) is 32.6 Å². The maximum atomic E-state index is 5.82. The lowest BCUT2D eigenvalue weighted by Crippen LogP contribution is -2.25. The molecule has 0 radical (unpaired) electrons. The van der Waals surface area contributed by atoms with Gasteiger partial charge in [0.2, 0.25) is 0 Å². The number of thioether (sulfide) groups is 1. The first kappa shape index (κ1) is 12.0. The summed E-state index contributed by atoms with van der Waals surface area (Å²) in [7, 11) is 0. The van der Waals surface area contributed by atoms with E-state index in [-0.39, 0.29) is 0 Å². The van der Waals surface area contributed by atoms with Crippen LogP contribution in [0, 0.1) is 5.92 Å². The van der Waals surface area contributed by atoms with Gasteiger partial charge in [-0.15, -0.1) is 11.8 Å². The fraction of sp³-hybridized carbons (Fsp3) is 0.727. The molecular formula is C11H19N3S2. The van der Waals surface area contributed by atoms with Gasteiger partial charge in [0.25, 0.3) is 0 Å². The maximum absolute atomic E-state index is 5.82. The molecule has 1 aliphatic rings. The number of anilines is 2. The molecule has 0 amide bonds. The summed E-state index contributed by atoms with van der Waals surface area (Å²) in [5.74, 6) is 1.51. The smallest absolute Gasteiger partial charge is 0.153 e. The second-order valence-corrected chi connectivity index (χ2v) is 6.13. The molecule has 5 heteroatoms. The van der Waals surface area contributed by atoms with Crippen molar-refractivity contribution >= 4 is 34.1 Å². The van der Waals surface area contributed by atoms with Gasteiger partial charge in [-0.3, -0.25) is 0 Å². The lowest BCUT2D eigenvalue weighted by molar-refractivity contribution is 0.359. The lowest BCUT2D eigenvalue weighted by atomic mass is 9.87. The summed E-state index contributed by atoms with van der Waals surface area (Å²) in [4.78, 5) is 1.11. The van der Waals surface area contributed by atoms with Crippen LogP contribution in [0.15, 0.2) is 4.90 Å². The Labute approximate surface area is 105 Å². The Morgan fingerprint density at radius 2 is 2.31 bits per heavy atom. The van der Waals surface area contributed by atoms with Gasteiger partial charge in [-0.25, -0.2) is 0 Å². The minimum absolute atomic E-state index is 0.606. The highest BCUT2D eigenvalue weighted by Gasteiger charge is 2.21. The molecule has 1 heterocycles. The van der Waals surface area contributed by atoms with Gasteiger partial charge in [0.15, 0.2) is 5.82 Å². The van der Waals surface area contributed by atoms with Gasteiger partial charge in [0, 0.05) is 6.04 Å². The van der Waals surface area contributed by atoms with Crippen molar-refractivity contribution in [3.63, 3.8) is 0 Å². The number of nitrogens with zero attached hydrogens (tertiary/aromatic N) is 1. The van der Waals surface area contributed by atoms with Crippen molar-refractivity contribution < 1.29 is 0 Å². The predicted octanol–water partition coefficient (Wildman–Crippen LogP) is 3.44. The molecule has 0 spiro atoms. The fourth-order valence-electron chi connectivity index (χ4n) is 2.33. The molecule has 1 fully saturated rings. The van der Waals surface area contributed by atoms with Crippen LogP contribution in [-0.4, -0.2) is 16.7 Å². The molecule has 16 heavy (non-hydrogen) atoms. The first-order valence-corrected chi connectivity index (χ1v) is 7.76. The fourth-order valence-corrected chi connectivity index (χ4v) is 3.94. The van der Waals surface area contributed by atoms with Gasteiger partial charge in [-0.1, -0.05) is 19.8 Å². The largest absolute Gasteiger partial charge is 0.382 e. The van der Waals surface area contributed by atoms with E-state index in [9.17, 15) is 0 Å². The zero-order chi connectivity index (χ0) is 11.5. The SMILES string of the molecule is CSc1c(N)nsc1NC1CCCC(C)C1. The molecule has 1 saturated carbocycles. The summed E-state index contributed by atoms with van der Waals surface area (Å²) in [5.41, 5.74) is 5.82. The normalized spacial score (nSPS) is 25.6. The van der Waals surface area contributed by atoms with Crippen LogP contribution in [-0.2, 0) is 0 Å². The Balaban J connectivity index is 2.02. The minimum atomic E-state index is 0.606. The maximum Gasteiger partial charge on any atom is 0.153 e. The molecule has 0 bridgehead atoms. The molecule has 3 nitrogen and oxygen atoms in total. The summed E-state index contributed by atoms with van der Waals surface area (Å²) in [5, 5.41) is 4.76. The molecule has 1 aliphatic carbocycles. The molecule has 2 atom stereocenters. The van der Waals surface area contributed by atoms with Crippen LogP contribution in [0.4, 0.5) is 10.8 Å². The Bertz CT molecular complexity index is 351. The topological polar surface area (TPSA) is 50.9 Å². The highest BCUT2D eigenvalue weighted by molar-refractivity contribution is 7.99. The number of nitrogens with two attached hydrogens (primary N) is 1. The number of hydrogen-bond acceptors (Lipinski definition) is 5. The second-order valence-electron chi connectivity index (χ2n) is 4.54. The van der Waals surface area contributed by atoms with Gasteiger partial charge in [-0.2, -0.15) is 4.37 Å². The van der Waals surface area contributed by atoms with Crippen molar-refractivity contribution in [2.45, 2.75) is 43.5 Å². The predicted molar refractivity (Wildman–Crippen MR) is 73.4 cm³/mol. The number of rotatable bonds is 3. The monoisotopic (exact) mass is 257 g/mol. The Hall–Kier alpha value is -0.420. The van der Waals surface area contributed by atoms with Gasteiger partial charge in [-0.05, 0) is 36.5 Å². The van der Waals surface area contributed by atoms with Crippen molar-refractivity contribution in [2.24, 2.45) is 5.92 Å². The van der Waals surface area contributed by atoms with E-state index < -0.39 is 0 Å². The van der Waals surface area contributed by atoms with Crippen molar-refractivity contribution in [3.8, 4) is 0 Å². The zero-order valence-electron chi connectivity index (χ0n) is 9.82. The van der Waals surface area contributed by atoms with Crippen molar-refractivity contribution in [3.05, 3.63) is 0 Å². The Morgan fingerprint density at radius 3 is 3.00 bits per heavy atom. The third kappa shape index (κ3) is 2.63. The van der Waals surface area contributed by atoms with E-state index >= 15 is 0 Å². The number of nitrogens with one attached hydrogen (secondary N) is 1. The summed E-state index contributed by atoms with van der Waals surface area (Å²) in [6.45, 7) is 2.34. The standard InChI is InChI=1S/C11H19N3S2/c1-7-4-3-5-8(6-7)13-11-9(15-2)10(12)14-16-11/h7-8,13H,3-6H2,1-2H3,(H2,12,14). The molecule has 1 aromatic heterocycles. The van der Waals surface area contributed by atoms with Crippen LogP contribution in [0.2, 0.25) is 0 Å². The van der Waals surface area contributed by atoms with Crippen LogP contribution < -0.4 is 11.1 Å². The summed E-state index contributed by atoms with van der Waals surface area (Å²) in [6.07, 6.45) is 7.30.